The summed E-state index contributed by atoms with van der Waals surface area (Å²) >= 11 is 0. The Balaban J connectivity index is 1.40. The number of rotatable bonds is 2. The molecule has 0 aliphatic carbocycles. The van der Waals surface area contributed by atoms with Gasteiger partial charge in [0.15, 0.2) is 11.5 Å². The highest BCUT2D eigenvalue weighted by atomic mass is 16.5. The van der Waals surface area contributed by atoms with Gasteiger partial charge in [-0.05, 0) is 31.9 Å². The lowest BCUT2D eigenvalue weighted by Crippen LogP contribution is -2.40. The predicted molar refractivity (Wildman–Crippen MR) is 86.8 cm³/mol. The summed E-state index contributed by atoms with van der Waals surface area (Å²) in [6.45, 7) is 3.14. The third-order valence-corrected chi connectivity index (χ3v) is 4.35. The first-order valence-electron chi connectivity index (χ1n) is 7.99. The molecule has 1 saturated heterocycles. The molecule has 4 rings (SSSR count). The molecule has 3 aromatic rings. The molecule has 124 valence electrons. The number of carbonyl (C=O) groups is 1. The Kier molecular flexibility index (Phi) is 3.64. The molecular weight excluding hydrogens is 308 g/mol. The lowest BCUT2D eigenvalue weighted by atomic mass is 9.96. The molecule has 1 aliphatic rings. The normalized spacial score (nSPS) is 15.8. The van der Waals surface area contributed by atoms with E-state index in [-0.39, 0.29) is 6.03 Å². The summed E-state index contributed by atoms with van der Waals surface area (Å²) in [5.41, 5.74) is 0.856. The number of piperidine rings is 1. The van der Waals surface area contributed by atoms with E-state index in [0.717, 1.165) is 24.3 Å². The number of hydrogen-bond donors (Lipinski definition) is 1. The number of hydrogen-bond acceptors (Lipinski definition) is 5. The molecule has 0 atom stereocenters. The number of fused-ring (bicyclic) bond motifs is 1. The van der Waals surface area contributed by atoms with Gasteiger partial charge in [-0.25, -0.2) is 4.79 Å². The fourth-order valence-electron chi connectivity index (χ4n) is 3.09. The maximum absolute atomic E-state index is 12.3. The lowest BCUT2D eigenvalue weighted by molar-refractivity contribution is 0.193. The molecule has 0 saturated carbocycles. The average Bonchev–Trinajstić information content (AvgIpc) is 3.21. The second-order valence-corrected chi connectivity index (χ2v) is 6.00. The molecule has 8 heteroatoms. The van der Waals surface area contributed by atoms with E-state index in [4.69, 9.17) is 4.52 Å². The molecule has 0 aromatic carbocycles. The van der Waals surface area contributed by atoms with Crippen molar-refractivity contribution >= 4 is 17.5 Å². The van der Waals surface area contributed by atoms with E-state index in [0.29, 0.717) is 30.6 Å². The zero-order valence-electron chi connectivity index (χ0n) is 13.3. The van der Waals surface area contributed by atoms with Gasteiger partial charge in [-0.1, -0.05) is 11.2 Å². The Hall–Kier alpha value is -2.90. The SMILES string of the molecule is Cc1cc(NC(=O)N2CCC(c3nnc4ccccn34)CC2)no1. The van der Waals surface area contributed by atoms with E-state index in [1.807, 2.05) is 28.8 Å². The number of pyridine rings is 1. The van der Waals surface area contributed by atoms with Crippen LogP contribution in [0.2, 0.25) is 0 Å². The minimum atomic E-state index is -0.146. The lowest BCUT2D eigenvalue weighted by Gasteiger charge is -2.30. The van der Waals surface area contributed by atoms with E-state index >= 15 is 0 Å². The van der Waals surface area contributed by atoms with Crippen LogP contribution in [0.15, 0.2) is 35.0 Å². The Morgan fingerprint density at radius 1 is 1.29 bits per heavy atom. The van der Waals surface area contributed by atoms with Crippen LogP contribution in [-0.4, -0.2) is 43.8 Å². The first-order valence-corrected chi connectivity index (χ1v) is 7.99. The molecule has 0 bridgehead atoms. The van der Waals surface area contributed by atoms with Crippen molar-refractivity contribution in [3.8, 4) is 0 Å². The van der Waals surface area contributed by atoms with Crippen LogP contribution in [0, 0.1) is 6.92 Å². The van der Waals surface area contributed by atoms with Crippen molar-refractivity contribution in [2.75, 3.05) is 18.4 Å². The average molecular weight is 326 g/mol. The van der Waals surface area contributed by atoms with Crippen LogP contribution < -0.4 is 5.32 Å². The van der Waals surface area contributed by atoms with Crippen molar-refractivity contribution in [1.82, 2.24) is 24.7 Å². The standard InChI is InChI=1S/C16H18N6O2/c1-11-10-13(20-24-11)17-16(23)21-8-5-12(6-9-21)15-19-18-14-4-2-3-7-22(14)15/h2-4,7,10,12H,5-6,8-9H2,1H3,(H,17,20,23). The fourth-order valence-corrected chi connectivity index (χ4v) is 3.09. The largest absolute Gasteiger partial charge is 0.360 e. The first kappa shape index (κ1) is 14.7. The molecule has 2 amide bonds. The van der Waals surface area contributed by atoms with Gasteiger partial charge in [0.05, 0.1) is 0 Å². The number of aromatic nitrogens is 4. The quantitative estimate of drug-likeness (QED) is 0.781. The molecule has 3 aromatic heterocycles. The summed E-state index contributed by atoms with van der Waals surface area (Å²) in [5.74, 6) is 2.39. The van der Waals surface area contributed by atoms with Crippen molar-refractivity contribution in [1.29, 1.82) is 0 Å². The number of likely N-dealkylation sites (tertiary alicyclic amines) is 1. The Labute approximate surface area is 138 Å². The number of carbonyl (C=O) groups excluding carboxylic acids is 1. The number of amides is 2. The number of anilines is 1. The second kappa shape index (κ2) is 5.95. The van der Waals surface area contributed by atoms with Crippen LogP contribution in [-0.2, 0) is 0 Å². The van der Waals surface area contributed by atoms with E-state index in [9.17, 15) is 4.79 Å². The smallest absolute Gasteiger partial charge is 0.323 e. The van der Waals surface area contributed by atoms with Gasteiger partial charge in [-0.3, -0.25) is 9.72 Å². The Morgan fingerprint density at radius 2 is 2.12 bits per heavy atom. The predicted octanol–water partition coefficient (Wildman–Crippen LogP) is 2.44. The zero-order chi connectivity index (χ0) is 16.5. The van der Waals surface area contributed by atoms with Gasteiger partial charge >= 0.3 is 6.03 Å². The van der Waals surface area contributed by atoms with E-state index in [1.165, 1.54) is 0 Å². The van der Waals surface area contributed by atoms with Gasteiger partial charge in [-0.2, -0.15) is 0 Å². The summed E-state index contributed by atoms with van der Waals surface area (Å²) in [6, 6.07) is 7.42. The third-order valence-electron chi connectivity index (χ3n) is 4.35. The van der Waals surface area contributed by atoms with Gasteiger partial charge in [0.2, 0.25) is 0 Å². The zero-order valence-corrected chi connectivity index (χ0v) is 13.3. The van der Waals surface area contributed by atoms with Crippen molar-refractivity contribution in [3.05, 3.63) is 42.0 Å². The van der Waals surface area contributed by atoms with Gasteiger partial charge in [-0.15, -0.1) is 10.2 Å². The van der Waals surface area contributed by atoms with Gasteiger partial charge in [0.1, 0.15) is 11.6 Å². The maximum Gasteiger partial charge on any atom is 0.323 e. The van der Waals surface area contributed by atoms with Crippen molar-refractivity contribution in [2.24, 2.45) is 0 Å². The van der Waals surface area contributed by atoms with Crippen LogP contribution in [0.3, 0.4) is 0 Å². The van der Waals surface area contributed by atoms with Crippen molar-refractivity contribution < 1.29 is 9.32 Å². The second-order valence-electron chi connectivity index (χ2n) is 6.00. The molecular formula is C16H18N6O2. The minimum absolute atomic E-state index is 0.146. The summed E-state index contributed by atoms with van der Waals surface area (Å²) in [5, 5.41) is 15.1. The number of nitrogens with one attached hydrogen (secondary N) is 1. The van der Waals surface area contributed by atoms with Crippen LogP contribution in [0.4, 0.5) is 10.6 Å². The fraction of sp³-hybridized carbons (Fsp3) is 0.375. The van der Waals surface area contributed by atoms with Crippen LogP contribution in [0.25, 0.3) is 5.65 Å². The summed E-state index contributed by atoms with van der Waals surface area (Å²) < 4.78 is 6.98. The van der Waals surface area contributed by atoms with Crippen LogP contribution >= 0.6 is 0 Å². The van der Waals surface area contributed by atoms with E-state index in [1.54, 1.807) is 17.9 Å². The molecule has 0 spiro atoms. The number of nitrogens with zero attached hydrogens (tertiary/aromatic N) is 5. The van der Waals surface area contributed by atoms with Crippen molar-refractivity contribution in [3.63, 3.8) is 0 Å². The Bertz CT molecular complexity index is 862. The molecule has 0 radical (unpaired) electrons. The number of urea groups is 1. The van der Waals surface area contributed by atoms with Gasteiger partial charge in [0, 0.05) is 31.3 Å². The molecule has 8 nitrogen and oxygen atoms in total. The molecule has 1 fully saturated rings. The third kappa shape index (κ3) is 2.70. The van der Waals surface area contributed by atoms with E-state index in [2.05, 4.69) is 20.7 Å². The topological polar surface area (TPSA) is 88.6 Å². The van der Waals surface area contributed by atoms with E-state index < -0.39 is 0 Å². The summed E-state index contributed by atoms with van der Waals surface area (Å²) in [4.78, 5) is 14.1. The van der Waals surface area contributed by atoms with Gasteiger partial charge < -0.3 is 9.42 Å². The maximum atomic E-state index is 12.3. The highest BCUT2D eigenvalue weighted by Gasteiger charge is 2.27. The highest BCUT2D eigenvalue weighted by molar-refractivity contribution is 5.88. The van der Waals surface area contributed by atoms with Crippen LogP contribution in [0.1, 0.15) is 30.3 Å². The number of aryl methyl sites for hydroxylation is 1. The summed E-state index contributed by atoms with van der Waals surface area (Å²) in [7, 11) is 0. The van der Waals surface area contributed by atoms with Crippen LogP contribution in [0.5, 0.6) is 0 Å². The first-order chi connectivity index (χ1) is 11.7. The monoisotopic (exact) mass is 326 g/mol. The summed E-state index contributed by atoms with van der Waals surface area (Å²) in [6.07, 6.45) is 3.71. The molecule has 1 aliphatic heterocycles. The van der Waals surface area contributed by atoms with Crippen molar-refractivity contribution in [2.45, 2.75) is 25.7 Å². The van der Waals surface area contributed by atoms with Gasteiger partial charge in [0.25, 0.3) is 0 Å². The highest BCUT2D eigenvalue weighted by Crippen LogP contribution is 2.27. The molecule has 24 heavy (non-hydrogen) atoms. The molecule has 1 N–H and O–H groups in total. The molecule has 0 unspecified atom stereocenters. The minimum Gasteiger partial charge on any atom is -0.360 e. The Morgan fingerprint density at radius 3 is 2.88 bits per heavy atom. The molecule has 4 heterocycles.